The number of nitrogens with zero attached hydrogens (tertiary/aromatic N) is 5. The number of aryl methyl sites for hydroxylation is 1. The molecule has 2 aromatic heterocycles. The highest BCUT2D eigenvalue weighted by atomic mass is 19.1. The van der Waals surface area contributed by atoms with Gasteiger partial charge in [-0.3, -0.25) is 0 Å². The summed E-state index contributed by atoms with van der Waals surface area (Å²) >= 11 is 0. The van der Waals surface area contributed by atoms with E-state index in [-0.39, 0.29) is 12.4 Å². The van der Waals surface area contributed by atoms with Crippen LogP contribution in [-0.4, -0.2) is 55.8 Å². The maximum absolute atomic E-state index is 13.2. The highest BCUT2D eigenvalue weighted by molar-refractivity contribution is 5.52. The molecule has 1 aromatic carbocycles. The zero-order chi connectivity index (χ0) is 20.4. The van der Waals surface area contributed by atoms with Crippen LogP contribution in [0.4, 0.5) is 10.2 Å². The minimum atomic E-state index is -0.754. The number of benzene rings is 1. The number of piperidine rings is 1. The summed E-state index contributed by atoms with van der Waals surface area (Å²) in [6, 6.07) is 9.94. The fourth-order valence-corrected chi connectivity index (χ4v) is 3.96. The monoisotopic (exact) mass is 397 g/mol. The van der Waals surface area contributed by atoms with Gasteiger partial charge in [-0.2, -0.15) is 0 Å². The zero-order valence-electron chi connectivity index (χ0n) is 16.2. The van der Waals surface area contributed by atoms with Gasteiger partial charge in [0.15, 0.2) is 11.6 Å². The standard InChI is InChI=1S/C21H24FN5O2/c1-26-11-9-23-20(26)17-6-7-19(25-24-17)27-10-8-18(29)21(13-27,14-28)12-15-2-4-16(22)5-3-15/h2-7,9,11,18,28-29H,8,10,12-14H2,1H3/t18-,21-/m0/s1. The van der Waals surface area contributed by atoms with Crippen molar-refractivity contribution in [1.29, 1.82) is 0 Å². The van der Waals surface area contributed by atoms with Crippen molar-refractivity contribution in [3.63, 3.8) is 0 Å². The molecule has 0 unspecified atom stereocenters. The third-order valence-electron chi connectivity index (χ3n) is 5.69. The van der Waals surface area contributed by atoms with Crippen LogP contribution in [0.15, 0.2) is 48.8 Å². The number of hydrogen-bond acceptors (Lipinski definition) is 6. The van der Waals surface area contributed by atoms with Gasteiger partial charge in [-0.05, 0) is 42.7 Å². The first-order valence-corrected chi connectivity index (χ1v) is 9.60. The van der Waals surface area contributed by atoms with Crippen molar-refractivity contribution in [3.8, 4) is 11.5 Å². The highest BCUT2D eigenvalue weighted by Gasteiger charge is 2.43. The summed E-state index contributed by atoms with van der Waals surface area (Å²) in [6.07, 6.45) is 3.85. The molecule has 152 valence electrons. The number of aromatic nitrogens is 4. The molecule has 0 radical (unpaired) electrons. The number of aliphatic hydroxyl groups is 2. The molecule has 3 heterocycles. The van der Waals surface area contributed by atoms with Crippen LogP contribution in [0, 0.1) is 11.2 Å². The predicted molar refractivity (Wildman–Crippen MR) is 107 cm³/mol. The van der Waals surface area contributed by atoms with Crippen molar-refractivity contribution >= 4 is 5.82 Å². The normalized spacial score (nSPS) is 22.1. The third kappa shape index (κ3) is 3.86. The topological polar surface area (TPSA) is 87.3 Å². The van der Waals surface area contributed by atoms with Crippen molar-refractivity contribution in [2.75, 3.05) is 24.6 Å². The van der Waals surface area contributed by atoms with Crippen LogP contribution in [0.25, 0.3) is 11.5 Å². The van der Waals surface area contributed by atoms with Gasteiger partial charge in [0.2, 0.25) is 0 Å². The van der Waals surface area contributed by atoms with Crippen molar-refractivity contribution in [3.05, 3.63) is 60.2 Å². The van der Waals surface area contributed by atoms with E-state index in [1.54, 1.807) is 18.3 Å². The Bertz CT molecular complexity index is 960. The van der Waals surface area contributed by atoms with Gasteiger partial charge in [-0.25, -0.2) is 9.37 Å². The summed E-state index contributed by atoms with van der Waals surface area (Å²) in [5.41, 5.74) is 0.798. The Balaban J connectivity index is 1.55. The molecule has 29 heavy (non-hydrogen) atoms. The first-order valence-electron chi connectivity index (χ1n) is 9.60. The minimum Gasteiger partial charge on any atom is -0.396 e. The average Bonchev–Trinajstić information content (AvgIpc) is 3.17. The number of hydrogen-bond donors (Lipinski definition) is 2. The van der Waals surface area contributed by atoms with Gasteiger partial charge >= 0.3 is 0 Å². The van der Waals surface area contributed by atoms with Gasteiger partial charge in [0.05, 0.1) is 12.7 Å². The van der Waals surface area contributed by atoms with Crippen LogP contribution in [-0.2, 0) is 13.5 Å². The van der Waals surface area contributed by atoms with E-state index in [1.165, 1.54) is 12.1 Å². The average molecular weight is 397 g/mol. The molecule has 4 rings (SSSR count). The molecule has 0 amide bonds. The fraction of sp³-hybridized carbons (Fsp3) is 0.381. The second-order valence-electron chi connectivity index (χ2n) is 7.69. The summed E-state index contributed by atoms with van der Waals surface area (Å²) in [6.45, 7) is 0.863. The second-order valence-corrected chi connectivity index (χ2v) is 7.69. The molecule has 3 aromatic rings. The summed E-state index contributed by atoms with van der Waals surface area (Å²) in [4.78, 5) is 6.31. The van der Waals surface area contributed by atoms with E-state index >= 15 is 0 Å². The molecule has 0 bridgehead atoms. The summed E-state index contributed by atoms with van der Waals surface area (Å²) in [5.74, 6) is 1.12. The van der Waals surface area contributed by atoms with Gasteiger partial charge in [-0.15, -0.1) is 10.2 Å². The van der Waals surface area contributed by atoms with Gasteiger partial charge in [0.25, 0.3) is 0 Å². The van der Waals surface area contributed by atoms with Crippen LogP contribution in [0.3, 0.4) is 0 Å². The van der Waals surface area contributed by atoms with Crippen molar-refractivity contribution in [2.24, 2.45) is 12.5 Å². The molecule has 1 aliphatic rings. The van der Waals surface area contributed by atoms with E-state index in [1.807, 2.05) is 34.8 Å². The predicted octanol–water partition coefficient (Wildman–Crippen LogP) is 1.81. The Morgan fingerprint density at radius 3 is 2.59 bits per heavy atom. The van der Waals surface area contributed by atoms with E-state index in [0.717, 1.165) is 11.4 Å². The molecule has 1 aliphatic heterocycles. The Morgan fingerprint density at radius 1 is 1.17 bits per heavy atom. The number of imidazole rings is 1. The first kappa shape index (κ1) is 19.5. The quantitative estimate of drug-likeness (QED) is 0.683. The van der Waals surface area contributed by atoms with Gasteiger partial charge in [0.1, 0.15) is 11.5 Å². The van der Waals surface area contributed by atoms with E-state index in [9.17, 15) is 14.6 Å². The van der Waals surface area contributed by atoms with Crippen molar-refractivity contribution in [2.45, 2.75) is 18.9 Å². The Kier molecular flexibility index (Phi) is 5.29. The molecular weight excluding hydrogens is 373 g/mol. The van der Waals surface area contributed by atoms with E-state index < -0.39 is 11.5 Å². The molecule has 7 nitrogen and oxygen atoms in total. The number of aliphatic hydroxyl groups excluding tert-OH is 2. The van der Waals surface area contributed by atoms with Crippen LogP contribution < -0.4 is 4.90 Å². The zero-order valence-corrected chi connectivity index (χ0v) is 16.2. The van der Waals surface area contributed by atoms with Gasteiger partial charge < -0.3 is 19.7 Å². The summed E-state index contributed by atoms with van der Waals surface area (Å²) in [7, 11) is 1.90. The highest BCUT2D eigenvalue weighted by Crippen LogP contribution is 2.35. The lowest BCUT2D eigenvalue weighted by Crippen LogP contribution is -2.55. The van der Waals surface area contributed by atoms with Crippen LogP contribution in [0.1, 0.15) is 12.0 Å². The summed E-state index contributed by atoms with van der Waals surface area (Å²) in [5, 5.41) is 29.5. The molecule has 8 heteroatoms. The van der Waals surface area contributed by atoms with Crippen molar-refractivity contribution in [1.82, 2.24) is 19.7 Å². The number of rotatable bonds is 5. The van der Waals surface area contributed by atoms with Crippen LogP contribution in [0.5, 0.6) is 0 Å². The Morgan fingerprint density at radius 2 is 1.97 bits per heavy atom. The summed E-state index contributed by atoms with van der Waals surface area (Å²) < 4.78 is 15.1. The molecule has 0 aliphatic carbocycles. The van der Waals surface area contributed by atoms with Crippen LogP contribution >= 0.6 is 0 Å². The van der Waals surface area contributed by atoms with E-state index in [4.69, 9.17) is 0 Å². The molecule has 0 spiro atoms. The number of halogens is 1. The molecule has 1 saturated heterocycles. The van der Waals surface area contributed by atoms with E-state index in [2.05, 4.69) is 15.2 Å². The lowest BCUT2D eigenvalue weighted by Gasteiger charge is -2.45. The third-order valence-corrected chi connectivity index (χ3v) is 5.69. The van der Waals surface area contributed by atoms with Crippen LogP contribution in [0.2, 0.25) is 0 Å². The fourth-order valence-electron chi connectivity index (χ4n) is 3.96. The Hall–Kier alpha value is -2.84. The molecule has 2 N–H and O–H groups in total. The smallest absolute Gasteiger partial charge is 0.160 e. The van der Waals surface area contributed by atoms with Gasteiger partial charge in [0, 0.05) is 37.9 Å². The molecule has 0 saturated carbocycles. The Labute approximate surface area is 168 Å². The maximum atomic E-state index is 13.2. The molecule has 1 fully saturated rings. The maximum Gasteiger partial charge on any atom is 0.160 e. The van der Waals surface area contributed by atoms with Crippen molar-refractivity contribution < 1.29 is 14.6 Å². The lowest BCUT2D eigenvalue weighted by molar-refractivity contribution is -0.0293. The lowest BCUT2D eigenvalue weighted by atomic mass is 9.73. The second kappa shape index (κ2) is 7.88. The number of anilines is 1. The SMILES string of the molecule is Cn1ccnc1-c1ccc(N2CC[C@H](O)[C@@](CO)(Cc3ccc(F)cc3)C2)nn1. The van der Waals surface area contributed by atoms with E-state index in [0.29, 0.717) is 37.4 Å². The molecule has 2 atom stereocenters. The minimum absolute atomic E-state index is 0.180. The first-order chi connectivity index (χ1) is 14.0. The molecular formula is C21H24FN5O2. The largest absolute Gasteiger partial charge is 0.396 e. The van der Waals surface area contributed by atoms with Gasteiger partial charge in [-0.1, -0.05) is 12.1 Å².